The van der Waals surface area contributed by atoms with Crippen LogP contribution in [0.25, 0.3) is 0 Å². The second-order valence-corrected chi connectivity index (χ2v) is 5.68. The van der Waals surface area contributed by atoms with Crippen molar-refractivity contribution in [2.24, 2.45) is 0 Å². The fourth-order valence-corrected chi connectivity index (χ4v) is 2.61. The standard InChI is InChI=1S/C13H7Br2FN2O3/c14-8-2-1-3-10(16)12(8)13(19)17-11-5-4-7(18(20)21)6-9(11)15/h1-6H,(H,17,19). The number of benzene rings is 2. The highest BCUT2D eigenvalue weighted by molar-refractivity contribution is 9.11. The molecule has 2 aromatic rings. The summed E-state index contributed by atoms with van der Waals surface area (Å²) < 4.78 is 14.3. The first-order chi connectivity index (χ1) is 9.90. The molecule has 108 valence electrons. The maximum atomic E-state index is 13.7. The number of rotatable bonds is 3. The van der Waals surface area contributed by atoms with Gasteiger partial charge in [-0.15, -0.1) is 0 Å². The van der Waals surface area contributed by atoms with Gasteiger partial charge in [0.1, 0.15) is 5.82 Å². The van der Waals surface area contributed by atoms with Crippen molar-refractivity contribution >= 4 is 49.1 Å². The molecule has 8 heteroatoms. The van der Waals surface area contributed by atoms with E-state index in [0.29, 0.717) is 14.6 Å². The quantitative estimate of drug-likeness (QED) is 0.589. The molecule has 0 aromatic heterocycles. The lowest BCUT2D eigenvalue weighted by molar-refractivity contribution is -0.384. The second-order valence-electron chi connectivity index (χ2n) is 3.97. The van der Waals surface area contributed by atoms with Crippen LogP contribution in [0.4, 0.5) is 15.8 Å². The Morgan fingerprint density at radius 1 is 1.19 bits per heavy atom. The predicted octanol–water partition coefficient (Wildman–Crippen LogP) is 4.51. The van der Waals surface area contributed by atoms with Gasteiger partial charge in [-0.1, -0.05) is 6.07 Å². The molecular weight excluding hydrogens is 411 g/mol. The van der Waals surface area contributed by atoms with Crippen LogP contribution in [0.2, 0.25) is 0 Å². The van der Waals surface area contributed by atoms with Crippen molar-refractivity contribution in [1.29, 1.82) is 0 Å². The summed E-state index contributed by atoms with van der Waals surface area (Å²) in [6.45, 7) is 0. The average Bonchev–Trinajstić information content (AvgIpc) is 2.40. The van der Waals surface area contributed by atoms with E-state index in [1.807, 2.05) is 0 Å². The van der Waals surface area contributed by atoms with Gasteiger partial charge < -0.3 is 5.32 Å². The summed E-state index contributed by atoms with van der Waals surface area (Å²) in [5, 5.41) is 13.1. The van der Waals surface area contributed by atoms with Crippen molar-refractivity contribution in [2.75, 3.05) is 5.32 Å². The van der Waals surface area contributed by atoms with Gasteiger partial charge in [0, 0.05) is 21.1 Å². The third-order valence-corrected chi connectivity index (χ3v) is 3.92. The minimum Gasteiger partial charge on any atom is -0.321 e. The van der Waals surface area contributed by atoms with Gasteiger partial charge in [-0.3, -0.25) is 14.9 Å². The number of nitrogens with one attached hydrogen (secondary N) is 1. The van der Waals surface area contributed by atoms with Crippen molar-refractivity contribution in [1.82, 2.24) is 0 Å². The fourth-order valence-electron chi connectivity index (χ4n) is 1.62. The van der Waals surface area contributed by atoms with Crippen LogP contribution < -0.4 is 5.32 Å². The third kappa shape index (κ3) is 3.45. The molecule has 0 bridgehead atoms. The minimum atomic E-state index is -0.667. The van der Waals surface area contributed by atoms with Gasteiger partial charge in [0.05, 0.1) is 16.2 Å². The van der Waals surface area contributed by atoms with Crippen LogP contribution in [0.15, 0.2) is 45.3 Å². The summed E-state index contributed by atoms with van der Waals surface area (Å²) in [6.07, 6.45) is 0. The number of anilines is 1. The Kier molecular flexibility index (Phi) is 4.69. The Bertz CT molecular complexity index is 717. The van der Waals surface area contributed by atoms with Gasteiger partial charge in [0.2, 0.25) is 0 Å². The maximum Gasteiger partial charge on any atom is 0.270 e. The highest BCUT2D eigenvalue weighted by atomic mass is 79.9. The Balaban J connectivity index is 2.30. The number of nitrogens with zero attached hydrogens (tertiary/aromatic N) is 1. The zero-order chi connectivity index (χ0) is 15.6. The first-order valence-corrected chi connectivity index (χ1v) is 7.18. The molecule has 2 aromatic carbocycles. The summed E-state index contributed by atoms with van der Waals surface area (Å²) in [5.74, 6) is -1.32. The first kappa shape index (κ1) is 15.6. The molecule has 0 heterocycles. The van der Waals surface area contributed by atoms with Crippen LogP contribution in [0.5, 0.6) is 0 Å². The molecule has 5 nitrogen and oxygen atoms in total. The Morgan fingerprint density at radius 2 is 1.90 bits per heavy atom. The molecule has 21 heavy (non-hydrogen) atoms. The van der Waals surface area contributed by atoms with Crippen molar-refractivity contribution < 1.29 is 14.1 Å². The molecule has 0 aliphatic rings. The summed E-state index contributed by atoms with van der Waals surface area (Å²) in [4.78, 5) is 22.2. The molecule has 1 amide bonds. The lowest BCUT2D eigenvalue weighted by Gasteiger charge is -2.09. The SMILES string of the molecule is O=C(Nc1ccc([N+](=O)[O-])cc1Br)c1c(F)cccc1Br. The molecule has 0 aliphatic heterocycles. The van der Waals surface area contributed by atoms with Crippen LogP contribution in [0.3, 0.4) is 0 Å². The number of non-ortho nitro benzene ring substituents is 1. The Labute approximate surface area is 135 Å². The van der Waals surface area contributed by atoms with Crippen molar-refractivity contribution in [3.05, 3.63) is 66.8 Å². The molecule has 0 saturated heterocycles. The van der Waals surface area contributed by atoms with E-state index in [4.69, 9.17) is 0 Å². The van der Waals surface area contributed by atoms with E-state index >= 15 is 0 Å². The number of amides is 1. The summed E-state index contributed by atoms with van der Waals surface area (Å²) in [6, 6.07) is 8.06. The van der Waals surface area contributed by atoms with E-state index < -0.39 is 16.6 Å². The summed E-state index contributed by atoms with van der Waals surface area (Å²) >= 11 is 6.24. The van der Waals surface area contributed by atoms with E-state index in [2.05, 4.69) is 37.2 Å². The van der Waals surface area contributed by atoms with E-state index in [-0.39, 0.29) is 11.3 Å². The third-order valence-electron chi connectivity index (χ3n) is 2.60. The highest BCUT2D eigenvalue weighted by Crippen LogP contribution is 2.28. The van der Waals surface area contributed by atoms with Gasteiger partial charge in [-0.05, 0) is 50.1 Å². The molecule has 0 spiro atoms. The fraction of sp³-hybridized carbons (Fsp3) is 0. The zero-order valence-corrected chi connectivity index (χ0v) is 13.4. The number of hydrogen-bond acceptors (Lipinski definition) is 3. The van der Waals surface area contributed by atoms with E-state index in [1.54, 1.807) is 6.07 Å². The molecule has 0 unspecified atom stereocenters. The second kappa shape index (κ2) is 6.31. The normalized spacial score (nSPS) is 10.2. The number of carbonyl (C=O) groups excluding carboxylic acids is 1. The minimum absolute atomic E-state index is 0.119. The number of nitro groups is 1. The lowest BCUT2D eigenvalue weighted by atomic mass is 10.2. The molecule has 0 saturated carbocycles. The van der Waals surface area contributed by atoms with Crippen LogP contribution in [-0.4, -0.2) is 10.8 Å². The molecular formula is C13H7Br2FN2O3. The van der Waals surface area contributed by atoms with Crippen LogP contribution >= 0.6 is 31.9 Å². The molecule has 1 N–H and O–H groups in total. The van der Waals surface area contributed by atoms with Gasteiger partial charge >= 0.3 is 0 Å². The molecule has 0 atom stereocenters. The smallest absolute Gasteiger partial charge is 0.270 e. The number of carbonyl (C=O) groups is 1. The average molecular weight is 418 g/mol. The zero-order valence-electron chi connectivity index (χ0n) is 10.3. The predicted molar refractivity (Wildman–Crippen MR) is 82.8 cm³/mol. The Morgan fingerprint density at radius 3 is 2.48 bits per heavy atom. The van der Waals surface area contributed by atoms with Gasteiger partial charge in [-0.2, -0.15) is 0 Å². The van der Waals surface area contributed by atoms with E-state index in [1.165, 1.54) is 30.3 Å². The van der Waals surface area contributed by atoms with Crippen molar-refractivity contribution in [2.45, 2.75) is 0 Å². The van der Waals surface area contributed by atoms with Gasteiger partial charge in [-0.25, -0.2) is 4.39 Å². The summed E-state index contributed by atoms with van der Waals surface area (Å²) in [7, 11) is 0. The Hall–Kier alpha value is -1.80. The number of nitro benzene ring substituents is 1. The topological polar surface area (TPSA) is 72.2 Å². The van der Waals surface area contributed by atoms with E-state index in [0.717, 1.165) is 0 Å². The van der Waals surface area contributed by atoms with E-state index in [9.17, 15) is 19.3 Å². The summed E-state index contributed by atoms with van der Waals surface area (Å²) in [5.41, 5.74) is 0.0513. The van der Waals surface area contributed by atoms with Crippen LogP contribution in [-0.2, 0) is 0 Å². The first-order valence-electron chi connectivity index (χ1n) is 5.59. The molecule has 0 radical (unpaired) electrons. The molecule has 0 aliphatic carbocycles. The van der Waals surface area contributed by atoms with Gasteiger partial charge in [0.25, 0.3) is 11.6 Å². The van der Waals surface area contributed by atoms with Crippen molar-refractivity contribution in [3.8, 4) is 0 Å². The number of halogens is 3. The highest BCUT2D eigenvalue weighted by Gasteiger charge is 2.17. The lowest BCUT2D eigenvalue weighted by Crippen LogP contribution is -2.15. The largest absolute Gasteiger partial charge is 0.321 e. The van der Waals surface area contributed by atoms with Crippen LogP contribution in [0.1, 0.15) is 10.4 Å². The number of hydrogen-bond donors (Lipinski definition) is 1. The maximum absolute atomic E-state index is 13.7. The van der Waals surface area contributed by atoms with Gasteiger partial charge in [0.15, 0.2) is 0 Å². The molecule has 2 rings (SSSR count). The molecule has 0 fully saturated rings. The van der Waals surface area contributed by atoms with Crippen molar-refractivity contribution in [3.63, 3.8) is 0 Å². The van der Waals surface area contributed by atoms with Crippen LogP contribution in [0, 0.1) is 15.9 Å². The monoisotopic (exact) mass is 416 g/mol.